The Labute approximate surface area is 161 Å². The number of halogens is 1. The molecule has 2 aromatic rings. The van der Waals surface area contributed by atoms with Crippen molar-refractivity contribution in [2.24, 2.45) is 0 Å². The van der Waals surface area contributed by atoms with E-state index in [1.54, 1.807) is 23.1 Å². The van der Waals surface area contributed by atoms with E-state index >= 15 is 0 Å². The van der Waals surface area contributed by atoms with Crippen molar-refractivity contribution in [1.29, 1.82) is 0 Å². The topological polar surface area (TPSA) is 49.9 Å². The molecule has 26 heavy (non-hydrogen) atoms. The van der Waals surface area contributed by atoms with Crippen LogP contribution >= 0.6 is 22.9 Å². The summed E-state index contributed by atoms with van der Waals surface area (Å²) in [5.41, 5.74) is 0.626. The van der Waals surface area contributed by atoms with Crippen molar-refractivity contribution in [3.8, 4) is 5.75 Å². The normalized spacial score (nSPS) is 13.6. The zero-order valence-corrected chi connectivity index (χ0v) is 15.8. The number of thiophene rings is 1. The lowest BCUT2D eigenvalue weighted by molar-refractivity contribution is -0.131. The number of benzene rings is 1. The van der Waals surface area contributed by atoms with E-state index in [-0.39, 0.29) is 24.8 Å². The Morgan fingerprint density at radius 2 is 2.15 bits per heavy atom. The Morgan fingerprint density at radius 1 is 1.35 bits per heavy atom. The number of amides is 2. The second-order valence-corrected chi connectivity index (χ2v) is 7.61. The molecule has 3 rings (SSSR count). The molecule has 1 aromatic heterocycles. The molecule has 0 fully saturated rings. The highest BCUT2D eigenvalue weighted by molar-refractivity contribution is 7.16. The van der Waals surface area contributed by atoms with Gasteiger partial charge in [-0.25, -0.2) is 0 Å². The van der Waals surface area contributed by atoms with Crippen molar-refractivity contribution in [2.45, 2.75) is 13.0 Å². The van der Waals surface area contributed by atoms with Crippen LogP contribution in [0.3, 0.4) is 0 Å². The van der Waals surface area contributed by atoms with E-state index in [1.165, 1.54) is 16.2 Å². The number of fused-ring (bicyclic) bond motifs is 1. The average molecular weight is 391 g/mol. The Kier molecular flexibility index (Phi) is 5.96. The van der Waals surface area contributed by atoms with E-state index in [0.717, 1.165) is 4.88 Å². The van der Waals surface area contributed by atoms with Gasteiger partial charge in [-0.15, -0.1) is 17.9 Å². The van der Waals surface area contributed by atoms with Crippen LogP contribution in [0.2, 0.25) is 4.34 Å². The van der Waals surface area contributed by atoms with Crippen LogP contribution in [0.15, 0.2) is 49.1 Å². The minimum absolute atomic E-state index is 0.0356. The maximum absolute atomic E-state index is 12.9. The van der Waals surface area contributed by atoms with E-state index in [0.29, 0.717) is 35.5 Å². The first-order valence-corrected chi connectivity index (χ1v) is 9.43. The number of carbonyl (C=O) groups is 2. The van der Waals surface area contributed by atoms with Gasteiger partial charge in [-0.05, 0) is 24.3 Å². The number of ether oxygens (including phenoxy) is 1. The first-order chi connectivity index (χ1) is 12.6. The van der Waals surface area contributed by atoms with Gasteiger partial charge in [0.25, 0.3) is 0 Å². The molecule has 1 aromatic carbocycles. The molecule has 0 unspecified atom stereocenters. The Balaban J connectivity index is 1.79. The lowest BCUT2D eigenvalue weighted by Crippen LogP contribution is -2.42. The minimum atomic E-state index is -0.153. The van der Waals surface area contributed by atoms with Gasteiger partial charge in [-0.2, -0.15) is 0 Å². The highest BCUT2D eigenvalue weighted by atomic mass is 35.5. The van der Waals surface area contributed by atoms with Gasteiger partial charge in [0, 0.05) is 11.4 Å². The van der Waals surface area contributed by atoms with Gasteiger partial charge in [0.15, 0.2) is 0 Å². The maximum atomic E-state index is 12.9. The third kappa shape index (κ3) is 4.26. The number of para-hydroxylation sites is 2. The molecule has 0 saturated heterocycles. The predicted molar refractivity (Wildman–Crippen MR) is 104 cm³/mol. The summed E-state index contributed by atoms with van der Waals surface area (Å²) in [6.45, 7) is 4.83. The van der Waals surface area contributed by atoms with E-state index in [4.69, 9.17) is 16.3 Å². The second kappa shape index (κ2) is 8.38. The Morgan fingerprint density at radius 3 is 2.88 bits per heavy atom. The second-order valence-electron chi connectivity index (χ2n) is 5.81. The third-order valence-electron chi connectivity index (χ3n) is 4.00. The molecule has 1 aliphatic rings. The summed E-state index contributed by atoms with van der Waals surface area (Å²) in [5.74, 6) is 0.340. The highest BCUT2D eigenvalue weighted by Gasteiger charge is 2.27. The molecule has 1 aliphatic heterocycles. The molecule has 0 spiro atoms. The van der Waals surface area contributed by atoms with E-state index in [2.05, 4.69) is 6.58 Å². The molecular formula is C19H19ClN2O3S. The monoisotopic (exact) mass is 390 g/mol. The van der Waals surface area contributed by atoms with Crippen LogP contribution in [0.25, 0.3) is 0 Å². The van der Waals surface area contributed by atoms with Crippen LogP contribution in [0.5, 0.6) is 5.75 Å². The summed E-state index contributed by atoms with van der Waals surface area (Å²) in [4.78, 5) is 29.5. The van der Waals surface area contributed by atoms with E-state index < -0.39 is 0 Å². The van der Waals surface area contributed by atoms with Gasteiger partial charge >= 0.3 is 0 Å². The largest absolute Gasteiger partial charge is 0.491 e. The van der Waals surface area contributed by atoms with Crippen molar-refractivity contribution in [2.75, 3.05) is 24.6 Å². The molecule has 136 valence electrons. The van der Waals surface area contributed by atoms with Gasteiger partial charge in [0.2, 0.25) is 11.8 Å². The van der Waals surface area contributed by atoms with Crippen molar-refractivity contribution < 1.29 is 14.3 Å². The fourth-order valence-electron chi connectivity index (χ4n) is 2.76. The molecule has 0 saturated carbocycles. The number of nitrogens with zero attached hydrogens (tertiary/aromatic N) is 2. The van der Waals surface area contributed by atoms with Crippen LogP contribution in [-0.4, -0.2) is 36.4 Å². The molecule has 0 radical (unpaired) electrons. The molecule has 2 heterocycles. The first kappa shape index (κ1) is 18.5. The molecule has 7 heteroatoms. The highest BCUT2D eigenvalue weighted by Crippen LogP contribution is 2.31. The number of anilines is 1. The zero-order valence-electron chi connectivity index (χ0n) is 14.2. The zero-order chi connectivity index (χ0) is 18.5. The predicted octanol–water partition coefficient (Wildman–Crippen LogP) is 3.73. The lowest BCUT2D eigenvalue weighted by atomic mass is 10.2. The number of hydrogen-bond donors (Lipinski definition) is 0. The smallest absolute Gasteiger partial charge is 0.243 e. The standard InChI is InChI=1S/C19H19ClN2O3S/c1-2-10-21(12-14-7-8-17(20)26-14)19(24)13-22-15-5-3-4-6-16(15)25-11-9-18(22)23/h2-8H,1,9-13H2. The third-order valence-corrected chi connectivity index (χ3v) is 5.22. The summed E-state index contributed by atoms with van der Waals surface area (Å²) >= 11 is 7.41. The summed E-state index contributed by atoms with van der Waals surface area (Å²) in [5, 5.41) is 0. The van der Waals surface area contributed by atoms with Crippen LogP contribution in [0, 0.1) is 0 Å². The quantitative estimate of drug-likeness (QED) is 0.706. The van der Waals surface area contributed by atoms with Gasteiger partial charge in [-0.1, -0.05) is 29.8 Å². The first-order valence-electron chi connectivity index (χ1n) is 8.23. The number of hydrogen-bond acceptors (Lipinski definition) is 4. The fraction of sp³-hybridized carbons (Fsp3) is 0.263. The molecule has 2 amide bonds. The van der Waals surface area contributed by atoms with Crippen molar-refractivity contribution >= 4 is 40.4 Å². The van der Waals surface area contributed by atoms with Crippen molar-refractivity contribution in [1.82, 2.24) is 4.90 Å². The molecule has 0 bridgehead atoms. The van der Waals surface area contributed by atoms with Crippen LogP contribution in [0.1, 0.15) is 11.3 Å². The van der Waals surface area contributed by atoms with E-state index in [9.17, 15) is 9.59 Å². The molecular weight excluding hydrogens is 372 g/mol. The molecule has 5 nitrogen and oxygen atoms in total. The van der Waals surface area contributed by atoms with Gasteiger partial charge in [0.1, 0.15) is 12.3 Å². The number of carbonyl (C=O) groups excluding carboxylic acids is 2. The SMILES string of the molecule is C=CCN(Cc1ccc(Cl)s1)C(=O)CN1C(=O)CCOc2ccccc21. The summed E-state index contributed by atoms with van der Waals surface area (Å²) in [6.07, 6.45) is 1.92. The molecule has 0 atom stereocenters. The summed E-state index contributed by atoms with van der Waals surface area (Å²) in [6, 6.07) is 11.0. The fourth-order valence-corrected chi connectivity index (χ4v) is 3.87. The summed E-state index contributed by atoms with van der Waals surface area (Å²) < 4.78 is 6.30. The van der Waals surface area contributed by atoms with Crippen LogP contribution in [0.4, 0.5) is 5.69 Å². The van der Waals surface area contributed by atoms with Crippen molar-refractivity contribution in [3.05, 3.63) is 58.3 Å². The van der Waals surface area contributed by atoms with E-state index in [1.807, 2.05) is 24.3 Å². The van der Waals surface area contributed by atoms with Gasteiger partial charge in [0.05, 0.1) is 29.6 Å². The van der Waals surface area contributed by atoms with Gasteiger partial charge in [-0.3, -0.25) is 14.5 Å². The number of rotatable bonds is 6. The Hall–Kier alpha value is -2.31. The summed E-state index contributed by atoms with van der Waals surface area (Å²) in [7, 11) is 0. The minimum Gasteiger partial charge on any atom is -0.491 e. The molecule has 0 aliphatic carbocycles. The average Bonchev–Trinajstić information content (AvgIpc) is 2.97. The Bertz CT molecular complexity index is 821. The van der Waals surface area contributed by atoms with Gasteiger partial charge < -0.3 is 9.64 Å². The van der Waals surface area contributed by atoms with Crippen LogP contribution < -0.4 is 9.64 Å². The van der Waals surface area contributed by atoms with Crippen LogP contribution in [-0.2, 0) is 16.1 Å². The molecule has 0 N–H and O–H groups in total. The van der Waals surface area contributed by atoms with Crippen molar-refractivity contribution in [3.63, 3.8) is 0 Å². The maximum Gasteiger partial charge on any atom is 0.243 e. The lowest BCUT2D eigenvalue weighted by Gasteiger charge is -2.26.